The SMILES string of the molecule is CNC(C)(C)C(=O)Nc1ccc(Br)cc1OC(F)(F)F. The van der Waals surface area contributed by atoms with Crippen molar-refractivity contribution in [3.63, 3.8) is 0 Å². The average molecular weight is 355 g/mol. The first kappa shape index (κ1) is 16.8. The number of rotatable bonds is 4. The zero-order valence-electron chi connectivity index (χ0n) is 11.1. The second-order valence-electron chi connectivity index (χ2n) is 4.52. The van der Waals surface area contributed by atoms with Crippen molar-refractivity contribution in [1.82, 2.24) is 5.32 Å². The minimum atomic E-state index is -4.83. The minimum Gasteiger partial charge on any atom is -0.404 e. The number of ether oxygens (including phenoxy) is 1. The molecule has 2 N–H and O–H groups in total. The summed E-state index contributed by atoms with van der Waals surface area (Å²) in [5, 5.41) is 5.16. The van der Waals surface area contributed by atoms with Gasteiger partial charge in [0, 0.05) is 4.47 Å². The van der Waals surface area contributed by atoms with Gasteiger partial charge in [0.25, 0.3) is 0 Å². The molecule has 0 spiro atoms. The first-order valence-electron chi connectivity index (χ1n) is 5.61. The van der Waals surface area contributed by atoms with Gasteiger partial charge in [0.2, 0.25) is 5.91 Å². The van der Waals surface area contributed by atoms with Gasteiger partial charge in [-0.25, -0.2) is 0 Å². The molecule has 0 bridgehead atoms. The molecule has 0 saturated heterocycles. The van der Waals surface area contributed by atoms with Gasteiger partial charge in [0.05, 0.1) is 11.2 Å². The lowest BCUT2D eigenvalue weighted by Gasteiger charge is -2.23. The Morgan fingerprint density at radius 3 is 2.40 bits per heavy atom. The predicted octanol–water partition coefficient (Wildman–Crippen LogP) is 3.28. The highest BCUT2D eigenvalue weighted by Gasteiger charge is 2.33. The highest BCUT2D eigenvalue weighted by Crippen LogP contribution is 2.33. The van der Waals surface area contributed by atoms with E-state index in [-0.39, 0.29) is 5.69 Å². The van der Waals surface area contributed by atoms with Crippen LogP contribution in [0.4, 0.5) is 18.9 Å². The van der Waals surface area contributed by atoms with Crippen LogP contribution in [0.3, 0.4) is 0 Å². The summed E-state index contributed by atoms with van der Waals surface area (Å²) in [6.45, 7) is 3.21. The highest BCUT2D eigenvalue weighted by atomic mass is 79.9. The number of nitrogens with one attached hydrogen (secondary N) is 2. The number of halogens is 4. The standard InChI is InChI=1S/C12H14BrF3N2O2/c1-11(2,17-3)10(19)18-8-5-4-7(13)6-9(8)20-12(14,15)16/h4-6,17H,1-3H3,(H,18,19). The van der Waals surface area contributed by atoms with Crippen molar-refractivity contribution in [2.45, 2.75) is 25.7 Å². The summed E-state index contributed by atoms with van der Waals surface area (Å²) in [6, 6.07) is 3.97. The van der Waals surface area contributed by atoms with E-state index in [2.05, 4.69) is 31.3 Å². The molecule has 4 nitrogen and oxygen atoms in total. The van der Waals surface area contributed by atoms with Crippen LogP contribution in [0.25, 0.3) is 0 Å². The number of anilines is 1. The molecule has 0 atom stereocenters. The Morgan fingerprint density at radius 2 is 1.90 bits per heavy atom. The minimum absolute atomic E-state index is 0.0566. The van der Waals surface area contributed by atoms with E-state index in [9.17, 15) is 18.0 Å². The van der Waals surface area contributed by atoms with Crippen molar-refractivity contribution < 1.29 is 22.7 Å². The lowest BCUT2D eigenvalue weighted by molar-refractivity contribution is -0.274. The lowest BCUT2D eigenvalue weighted by atomic mass is 10.1. The molecule has 0 heterocycles. The molecule has 0 aliphatic heterocycles. The Hall–Kier alpha value is -1.28. The Kier molecular flexibility index (Phi) is 5.04. The van der Waals surface area contributed by atoms with Crippen LogP contribution in [0.2, 0.25) is 0 Å². The summed E-state index contributed by atoms with van der Waals surface area (Å²) in [7, 11) is 1.58. The van der Waals surface area contributed by atoms with Gasteiger partial charge in [-0.1, -0.05) is 15.9 Å². The molecule has 1 amide bonds. The van der Waals surface area contributed by atoms with E-state index in [4.69, 9.17) is 0 Å². The van der Waals surface area contributed by atoms with E-state index in [0.29, 0.717) is 4.47 Å². The van der Waals surface area contributed by atoms with Crippen molar-refractivity contribution in [2.24, 2.45) is 0 Å². The number of alkyl halides is 3. The van der Waals surface area contributed by atoms with Gasteiger partial charge in [0.15, 0.2) is 5.75 Å². The smallest absolute Gasteiger partial charge is 0.404 e. The molecule has 0 unspecified atom stereocenters. The molecular weight excluding hydrogens is 341 g/mol. The Labute approximate surface area is 122 Å². The molecule has 1 aromatic carbocycles. The third-order valence-corrected chi connectivity index (χ3v) is 3.10. The van der Waals surface area contributed by atoms with E-state index >= 15 is 0 Å². The maximum Gasteiger partial charge on any atom is 0.573 e. The Morgan fingerprint density at radius 1 is 1.30 bits per heavy atom. The van der Waals surface area contributed by atoms with Crippen LogP contribution in [0.5, 0.6) is 5.75 Å². The van der Waals surface area contributed by atoms with Crippen molar-refractivity contribution in [3.05, 3.63) is 22.7 Å². The van der Waals surface area contributed by atoms with Crippen LogP contribution in [0.15, 0.2) is 22.7 Å². The number of hydrogen-bond acceptors (Lipinski definition) is 3. The van der Waals surface area contributed by atoms with E-state index in [0.717, 1.165) is 6.07 Å². The van der Waals surface area contributed by atoms with Gasteiger partial charge in [-0.3, -0.25) is 4.79 Å². The topological polar surface area (TPSA) is 50.4 Å². The van der Waals surface area contributed by atoms with E-state index in [1.54, 1.807) is 20.9 Å². The highest BCUT2D eigenvalue weighted by molar-refractivity contribution is 9.10. The first-order chi connectivity index (χ1) is 9.05. The zero-order chi connectivity index (χ0) is 15.6. The van der Waals surface area contributed by atoms with Gasteiger partial charge >= 0.3 is 6.36 Å². The van der Waals surface area contributed by atoms with Crippen molar-refractivity contribution >= 4 is 27.5 Å². The third-order valence-electron chi connectivity index (χ3n) is 2.61. The Bertz CT molecular complexity index is 504. The maximum absolute atomic E-state index is 12.3. The van der Waals surface area contributed by atoms with Crippen LogP contribution in [0.1, 0.15) is 13.8 Å². The van der Waals surface area contributed by atoms with Crippen LogP contribution in [-0.4, -0.2) is 24.9 Å². The summed E-state index contributed by atoms with van der Waals surface area (Å²) in [4.78, 5) is 11.9. The van der Waals surface area contributed by atoms with Gasteiger partial charge < -0.3 is 15.4 Å². The Balaban J connectivity index is 3.04. The normalized spacial score (nSPS) is 12.2. The molecular formula is C12H14BrF3N2O2. The van der Waals surface area contributed by atoms with Crippen LogP contribution < -0.4 is 15.4 Å². The fraction of sp³-hybridized carbons (Fsp3) is 0.417. The number of amides is 1. The number of benzene rings is 1. The van der Waals surface area contributed by atoms with Crippen molar-refractivity contribution in [2.75, 3.05) is 12.4 Å². The zero-order valence-corrected chi connectivity index (χ0v) is 12.6. The third kappa shape index (κ3) is 4.68. The molecule has 1 aromatic rings. The molecule has 1 rings (SSSR count). The fourth-order valence-corrected chi connectivity index (χ4v) is 1.54. The first-order valence-corrected chi connectivity index (χ1v) is 6.40. The van der Waals surface area contributed by atoms with Gasteiger partial charge in [0.1, 0.15) is 0 Å². The second kappa shape index (κ2) is 6.01. The summed E-state index contributed by atoms with van der Waals surface area (Å²) >= 11 is 3.05. The molecule has 0 aliphatic rings. The van der Waals surface area contributed by atoms with E-state index in [1.165, 1.54) is 12.1 Å². The average Bonchev–Trinajstić information content (AvgIpc) is 2.30. The molecule has 0 saturated carbocycles. The largest absolute Gasteiger partial charge is 0.573 e. The van der Waals surface area contributed by atoms with Crippen LogP contribution in [0, 0.1) is 0 Å². The fourth-order valence-electron chi connectivity index (χ4n) is 1.20. The van der Waals surface area contributed by atoms with Gasteiger partial charge in [-0.2, -0.15) is 0 Å². The summed E-state index contributed by atoms with van der Waals surface area (Å²) in [5.41, 5.74) is -0.985. The second-order valence-corrected chi connectivity index (χ2v) is 5.43. The lowest BCUT2D eigenvalue weighted by Crippen LogP contribution is -2.48. The maximum atomic E-state index is 12.3. The number of carbonyl (C=O) groups excluding carboxylic acids is 1. The quantitative estimate of drug-likeness (QED) is 0.872. The molecule has 20 heavy (non-hydrogen) atoms. The summed E-state index contributed by atoms with van der Waals surface area (Å²) < 4.78 is 41.3. The van der Waals surface area contributed by atoms with Crippen LogP contribution in [-0.2, 0) is 4.79 Å². The number of hydrogen-bond donors (Lipinski definition) is 2. The molecule has 0 aliphatic carbocycles. The van der Waals surface area contributed by atoms with Crippen LogP contribution >= 0.6 is 15.9 Å². The van der Waals surface area contributed by atoms with E-state index in [1.807, 2.05) is 0 Å². The predicted molar refractivity (Wildman–Crippen MR) is 72.6 cm³/mol. The van der Waals surface area contributed by atoms with Crippen molar-refractivity contribution in [1.29, 1.82) is 0 Å². The number of likely N-dealkylation sites (N-methyl/N-ethyl adjacent to an activating group) is 1. The molecule has 0 aromatic heterocycles. The van der Waals surface area contributed by atoms with Gasteiger partial charge in [-0.05, 0) is 39.1 Å². The molecule has 112 valence electrons. The number of carbonyl (C=O) groups is 1. The molecule has 0 radical (unpaired) electrons. The molecule has 8 heteroatoms. The molecule has 0 fully saturated rings. The summed E-state index contributed by atoms with van der Waals surface area (Å²) in [5.74, 6) is -0.957. The van der Waals surface area contributed by atoms with Crippen molar-refractivity contribution in [3.8, 4) is 5.75 Å². The summed E-state index contributed by atoms with van der Waals surface area (Å²) in [6.07, 6.45) is -4.83. The van der Waals surface area contributed by atoms with Gasteiger partial charge in [-0.15, -0.1) is 13.2 Å². The van der Waals surface area contributed by atoms with E-state index < -0.39 is 23.6 Å². The monoisotopic (exact) mass is 354 g/mol.